The summed E-state index contributed by atoms with van der Waals surface area (Å²) in [5, 5.41) is 48.0. The Hall–Kier alpha value is -4.87. The average molecular weight is 800 g/mol. The minimum atomic E-state index is -2.02. The number of amides is 3. The number of hydrogen-bond donors (Lipinski definition) is 6. The van der Waals surface area contributed by atoms with Crippen molar-refractivity contribution in [3.05, 3.63) is 118 Å². The maximum atomic E-state index is 14.1. The zero-order chi connectivity index (χ0) is 39.8. The van der Waals surface area contributed by atoms with Gasteiger partial charge in [-0.25, -0.2) is 9.97 Å². The number of aliphatic hydroxyl groups excluding tert-OH is 3. The molecule has 56 heavy (non-hydrogen) atoms. The summed E-state index contributed by atoms with van der Waals surface area (Å²) in [6.07, 6.45) is -4.74. The molecule has 7 atom stereocenters. The molecule has 0 saturated heterocycles. The second kappa shape index (κ2) is 18.8. The van der Waals surface area contributed by atoms with Crippen LogP contribution in [-0.4, -0.2) is 86.6 Å². The zero-order valence-corrected chi connectivity index (χ0v) is 32.7. The molecule has 5 unspecified atom stereocenters. The first-order chi connectivity index (χ1) is 27.0. The standard InChI is InChI=1S/C41H45N5O8S2/c1-23(2)31(37(50)42-3)45-38(51)35(53-21-24-8-12-26(13-9-24)40-43-16-18-55-40)33(48)34(49)36(39(52)46-32-29-7-5-4-6-28(29)20-30(32)47)54-22-25-10-14-27(15-11-25)41-44-17-19-56-41/h4-19,23,30-36,47-49H,20-22H2,1-3H3,(H,42,50)(H,45,51)(H,46,52)/t30?,31-,32?,33?,34?,35?,36+/m0/s1. The molecule has 0 spiro atoms. The van der Waals surface area contributed by atoms with E-state index in [0.29, 0.717) is 17.5 Å². The van der Waals surface area contributed by atoms with E-state index in [2.05, 4.69) is 25.9 Å². The van der Waals surface area contributed by atoms with Crippen LogP contribution in [-0.2, 0) is 43.5 Å². The third-order valence-electron chi connectivity index (χ3n) is 9.61. The molecule has 0 aliphatic heterocycles. The van der Waals surface area contributed by atoms with E-state index < -0.39 is 60.3 Å². The first kappa shape index (κ1) is 40.8. The summed E-state index contributed by atoms with van der Waals surface area (Å²) in [7, 11) is 1.44. The van der Waals surface area contributed by atoms with Crippen molar-refractivity contribution in [2.24, 2.45) is 5.92 Å². The number of aliphatic hydroxyl groups is 3. The Morgan fingerprint density at radius 2 is 1.29 bits per heavy atom. The van der Waals surface area contributed by atoms with E-state index in [4.69, 9.17) is 9.47 Å². The summed E-state index contributed by atoms with van der Waals surface area (Å²) in [6, 6.07) is 20.1. The van der Waals surface area contributed by atoms with E-state index in [1.165, 1.54) is 29.7 Å². The van der Waals surface area contributed by atoms with Crippen LogP contribution in [0.1, 0.15) is 42.1 Å². The maximum absolute atomic E-state index is 14.1. The molecule has 0 radical (unpaired) electrons. The van der Waals surface area contributed by atoms with Gasteiger partial charge in [0.2, 0.25) is 5.91 Å². The van der Waals surface area contributed by atoms with Gasteiger partial charge in [-0.05, 0) is 28.2 Å². The molecule has 0 saturated carbocycles. The number of fused-ring (bicyclic) bond motifs is 1. The van der Waals surface area contributed by atoms with Crippen molar-refractivity contribution in [2.75, 3.05) is 7.05 Å². The van der Waals surface area contributed by atoms with Crippen LogP contribution in [0.2, 0.25) is 0 Å². The SMILES string of the molecule is CNC(=O)[C@@H](NC(=O)C(OCc1ccc(-c2nccs2)cc1)C(O)C(O)[C@@H](OCc1ccc(-c2nccs2)cc1)C(=O)NC1c2ccccc2CC1O)C(C)C. The summed E-state index contributed by atoms with van der Waals surface area (Å²) in [5.41, 5.74) is 4.67. The fourth-order valence-corrected chi connectivity index (χ4v) is 7.81. The molecule has 2 aromatic heterocycles. The Morgan fingerprint density at radius 3 is 1.77 bits per heavy atom. The second-order valence-corrected chi connectivity index (χ2v) is 15.6. The lowest BCUT2D eigenvalue weighted by Crippen LogP contribution is -2.59. The lowest BCUT2D eigenvalue weighted by atomic mass is 9.98. The molecule has 3 amide bonds. The van der Waals surface area contributed by atoms with Crippen molar-refractivity contribution >= 4 is 40.4 Å². The summed E-state index contributed by atoms with van der Waals surface area (Å²) in [5.74, 6) is -2.50. The predicted octanol–water partition coefficient (Wildman–Crippen LogP) is 3.79. The van der Waals surface area contributed by atoms with Crippen LogP contribution in [0.3, 0.4) is 0 Å². The highest BCUT2D eigenvalue weighted by Crippen LogP contribution is 2.32. The summed E-state index contributed by atoms with van der Waals surface area (Å²) in [4.78, 5) is 49.4. The Labute approximate surface area is 332 Å². The molecule has 1 aliphatic carbocycles. The number of likely N-dealkylation sites (N-methyl/N-ethyl adjacent to an activating group) is 1. The molecule has 1 aliphatic rings. The smallest absolute Gasteiger partial charge is 0.252 e. The van der Waals surface area contributed by atoms with Crippen molar-refractivity contribution in [1.82, 2.24) is 25.9 Å². The topological polar surface area (TPSA) is 192 Å². The monoisotopic (exact) mass is 799 g/mol. The number of ether oxygens (including phenoxy) is 2. The third kappa shape index (κ3) is 9.73. The van der Waals surface area contributed by atoms with Crippen molar-refractivity contribution in [1.29, 1.82) is 0 Å². The number of aromatic nitrogens is 2. The first-order valence-corrected chi connectivity index (χ1v) is 19.9. The van der Waals surface area contributed by atoms with E-state index in [0.717, 1.165) is 32.3 Å². The number of hydrogen-bond acceptors (Lipinski definition) is 12. The Morgan fingerprint density at radius 1 is 0.768 bits per heavy atom. The van der Waals surface area contributed by atoms with Gasteiger partial charge in [0.25, 0.3) is 11.8 Å². The molecule has 5 aromatic rings. The number of rotatable bonds is 17. The van der Waals surface area contributed by atoms with E-state index in [1.807, 2.05) is 47.2 Å². The average Bonchev–Trinajstić information content (AvgIpc) is 4.00. The normalized spacial score (nSPS) is 17.7. The van der Waals surface area contributed by atoms with Gasteiger partial charge in [-0.2, -0.15) is 0 Å². The van der Waals surface area contributed by atoms with Gasteiger partial charge in [-0.1, -0.05) is 86.6 Å². The van der Waals surface area contributed by atoms with E-state index in [9.17, 15) is 29.7 Å². The van der Waals surface area contributed by atoms with Gasteiger partial charge in [-0.15, -0.1) is 22.7 Å². The summed E-state index contributed by atoms with van der Waals surface area (Å²) in [6.45, 7) is 3.18. The van der Waals surface area contributed by atoms with E-state index >= 15 is 0 Å². The number of carbonyl (C=O) groups excluding carboxylic acids is 3. The molecule has 0 fully saturated rings. The molecular formula is C41H45N5O8S2. The molecule has 0 bridgehead atoms. The van der Waals surface area contributed by atoms with Crippen LogP contribution in [0.15, 0.2) is 96.0 Å². The second-order valence-electron chi connectivity index (χ2n) is 13.8. The van der Waals surface area contributed by atoms with E-state index in [-0.39, 0.29) is 19.1 Å². The summed E-state index contributed by atoms with van der Waals surface area (Å²) >= 11 is 2.98. The third-order valence-corrected chi connectivity index (χ3v) is 11.3. The highest BCUT2D eigenvalue weighted by atomic mass is 32.1. The molecule has 294 valence electrons. The van der Waals surface area contributed by atoms with Gasteiger partial charge in [0.05, 0.1) is 25.4 Å². The number of nitrogens with zero attached hydrogens (tertiary/aromatic N) is 2. The number of thiazole rings is 2. The highest BCUT2D eigenvalue weighted by Gasteiger charge is 2.43. The number of carbonyl (C=O) groups is 3. The maximum Gasteiger partial charge on any atom is 0.252 e. The summed E-state index contributed by atoms with van der Waals surface area (Å²) < 4.78 is 12.1. The lowest BCUT2D eigenvalue weighted by molar-refractivity contribution is -0.171. The first-order valence-electron chi connectivity index (χ1n) is 18.2. The van der Waals surface area contributed by atoms with Crippen molar-refractivity contribution < 1.29 is 39.2 Å². The molecule has 13 nitrogen and oxygen atoms in total. The van der Waals surface area contributed by atoms with Gasteiger partial charge >= 0.3 is 0 Å². The largest absolute Gasteiger partial charge is 0.390 e. The van der Waals surface area contributed by atoms with Crippen LogP contribution < -0.4 is 16.0 Å². The molecule has 6 rings (SSSR count). The van der Waals surface area contributed by atoms with Crippen LogP contribution in [0, 0.1) is 5.92 Å². The fraction of sp³-hybridized carbons (Fsp3) is 0.341. The van der Waals surface area contributed by atoms with Crippen molar-refractivity contribution in [3.63, 3.8) is 0 Å². The van der Waals surface area contributed by atoms with Crippen molar-refractivity contribution in [2.45, 2.75) is 76.1 Å². The van der Waals surface area contributed by atoms with Gasteiger partial charge < -0.3 is 40.7 Å². The van der Waals surface area contributed by atoms with Crippen LogP contribution in [0.25, 0.3) is 21.1 Å². The quantitative estimate of drug-likeness (QED) is 0.0807. The molecule has 6 N–H and O–H groups in total. The lowest BCUT2D eigenvalue weighted by Gasteiger charge is -2.32. The van der Waals surface area contributed by atoms with Crippen LogP contribution in [0.4, 0.5) is 0 Å². The molecule has 2 heterocycles. The van der Waals surface area contributed by atoms with Gasteiger partial charge in [0.15, 0.2) is 12.2 Å². The molecule has 3 aromatic carbocycles. The predicted molar refractivity (Wildman–Crippen MR) is 212 cm³/mol. The van der Waals surface area contributed by atoms with Crippen LogP contribution >= 0.6 is 22.7 Å². The molecular weight excluding hydrogens is 755 g/mol. The number of nitrogens with one attached hydrogen (secondary N) is 3. The number of benzene rings is 3. The van der Waals surface area contributed by atoms with E-state index in [1.54, 1.807) is 62.6 Å². The van der Waals surface area contributed by atoms with Crippen molar-refractivity contribution in [3.8, 4) is 21.1 Å². The fourth-order valence-electron chi connectivity index (χ4n) is 6.52. The minimum Gasteiger partial charge on any atom is -0.390 e. The van der Waals surface area contributed by atoms with Gasteiger partial charge in [0.1, 0.15) is 28.3 Å². The molecule has 15 heteroatoms. The van der Waals surface area contributed by atoms with Gasteiger partial charge in [0, 0.05) is 47.7 Å². The van der Waals surface area contributed by atoms with Gasteiger partial charge in [-0.3, -0.25) is 14.4 Å². The Balaban J connectivity index is 1.26. The Bertz CT molecular complexity index is 2040. The minimum absolute atomic E-state index is 0.154. The Kier molecular flexibility index (Phi) is 13.7. The van der Waals surface area contributed by atoms with Crippen LogP contribution in [0.5, 0.6) is 0 Å². The highest BCUT2D eigenvalue weighted by molar-refractivity contribution is 7.13. The zero-order valence-electron chi connectivity index (χ0n) is 31.1.